The number of hydrogen-bond acceptors (Lipinski definition) is 5. The van der Waals surface area contributed by atoms with Crippen LogP contribution in [0.25, 0.3) is 0 Å². The highest BCUT2D eigenvalue weighted by Gasteiger charge is 2.44. The zero-order valence-electron chi connectivity index (χ0n) is 12.2. The van der Waals surface area contributed by atoms with E-state index in [-0.39, 0.29) is 23.2 Å². The number of hydrogen-bond donors (Lipinski definition) is 0. The van der Waals surface area contributed by atoms with Crippen LogP contribution in [0.15, 0.2) is 12.4 Å². The third kappa shape index (κ3) is 3.58. The van der Waals surface area contributed by atoms with E-state index in [1.165, 1.54) is 17.3 Å². The van der Waals surface area contributed by atoms with Crippen LogP contribution in [-0.4, -0.2) is 51.9 Å². The van der Waals surface area contributed by atoms with Crippen LogP contribution < -0.4 is 4.74 Å². The molecule has 2 heterocycles. The molecule has 1 aliphatic carbocycles. The molecule has 0 spiro atoms. The Morgan fingerprint density at radius 1 is 1.50 bits per heavy atom. The van der Waals surface area contributed by atoms with Gasteiger partial charge in [0.05, 0.1) is 6.54 Å². The molecule has 0 aromatic carbocycles. The average molecular weight is 330 g/mol. The van der Waals surface area contributed by atoms with Crippen molar-refractivity contribution in [2.45, 2.75) is 44.1 Å². The van der Waals surface area contributed by atoms with Gasteiger partial charge in [0.25, 0.3) is 0 Å². The normalized spacial score (nSPS) is 26.4. The summed E-state index contributed by atoms with van der Waals surface area (Å²) in [6.45, 7) is 2.23. The Balaban J connectivity index is 1.54. The predicted octanol–water partition coefficient (Wildman–Crippen LogP) is 2.61. The van der Waals surface area contributed by atoms with E-state index in [0.29, 0.717) is 13.0 Å². The number of carbonyl (C=O) groups is 1. The van der Waals surface area contributed by atoms with Crippen LogP contribution in [0, 0.1) is 0 Å². The van der Waals surface area contributed by atoms with E-state index in [9.17, 15) is 9.18 Å². The van der Waals surface area contributed by atoms with Crippen LogP contribution in [0.1, 0.15) is 26.2 Å². The highest BCUT2D eigenvalue weighted by Crippen LogP contribution is 2.39. The van der Waals surface area contributed by atoms with Gasteiger partial charge >= 0.3 is 6.09 Å². The van der Waals surface area contributed by atoms with E-state index in [2.05, 4.69) is 9.97 Å². The fourth-order valence-electron chi connectivity index (χ4n) is 2.27. The SMILES string of the molecule is CC1(OC(=O)N2CC[C@H](Oc3cc(Cl)ncn3)C(F)C2)CC1. The second-order valence-corrected chi connectivity index (χ2v) is 6.29. The van der Waals surface area contributed by atoms with Gasteiger partial charge in [-0.3, -0.25) is 0 Å². The quantitative estimate of drug-likeness (QED) is 0.798. The van der Waals surface area contributed by atoms with Gasteiger partial charge in [0.1, 0.15) is 23.2 Å². The molecular formula is C14H17ClFN3O3. The predicted molar refractivity (Wildman–Crippen MR) is 76.7 cm³/mol. The number of carbonyl (C=O) groups excluding carboxylic acids is 1. The molecule has 1 saturated heterocycles. The molecule has 1 amide bonds. The lowest BCUT2D eigenvalue weighted by Crippen LogP contribution is -2.50. The summed E-state index contributed by atoms with van der Waals surface area (Å²) in [4.78, 5) is 21.0. The summed E-state index contributed by atoms with van der Waals surface area (Å²) in [5, 5.41) is 0.235. The van der Waals surface area contributed by atoms with Crippen molar-refractivity contribution >= 4 is 17.7 Å². The van der Waals surface area contributed by atoms with Gasteiger partial charge in [0, 0.05) is 19.0 Å². The first-order valence-corrected chi connectivity index (χ1v) is 7.59. The third-order valence-electron chi connectivity index (χ3n) is 3.91. The Bertz CT molecular complexity index is 570. The first kappa shape index (κ1) is 15.3. The smallest absolute Gasteiger partial charge is 0.410 e. The summed E-state index contributed by atoms with van der Waals surface area (Å²) in [5.74, 6) is 0.231. The number of likely N-dealkylation sites (tertiary alicyclic amines) is 1. The third-order valence-corrected chi connectivity index (χ3v) is 4.12. The highest BCUT2D eigenvalue weighted by atomic mass is 35.5. The van der Waals surface area contributed by atoms with Crippen molar-refractivity contribution in [3.05, 3.63) is 17.5 Å². The van der Waals surface area contributed by atoms with Gasteiger partial charge in [-0.1, -0.05) is 11.6 Å². The van der Waals surface area contributed by atoms with Gasteiger partial charge in [-0.15, -0.1) is 0 Å². The minimum Gasteiger partial charge on any atom is -0.471 e. The fraction of sp³-hybridized carbons (Fsp3) is 0.643. The summed E-state index contributed by atoms with van der Waals surface area (Å²) in [6.07, 6.45) is 0.944. The first-order chi connectivity index (χ1) is 10.5. The van der Waals surface area contributed by atoms with Crippen molar-refractivity contribution in [3.63, 3.8) is 0 Å². The molecule has 1 aliphatic heterocycles. The summed E-state index contributed by atoms with van der Waals surface area (Å²) in [7, 11) is 0. The number of ether oxygens (including phenoxy) is 2. The van der Waals surface area contributed by atoms with Crippen molar-refractivity contribution in [3.8, 4) is 5.88 Å². The number of amides is 1. The molecule has 1 saturated carbocycles. The molecule has 0 bridgehead atoms. The first-order valence-electron chi connectivity index (χ1n) is 7.21. The molecule has 0 N–H and O–H groups in total. The van der Waals surface area contributed by atoms with Crippen LogP contribution >= 0.6 is 11.6 Å². The largest absolute Gasteiger partial charge is 0.471 e. The van der Waals surface area contributed by atoms with Gasteiger partial charge < -0.3 is 14.4 Å². The number of nitrogens with zero attached hydrogens (tertiary/aromatic N) is 3. The average Bonchev–Trinajstić information content (AvgIpc) is 3.18. The van der Waals surface area contributed by atoms with Crippen molar-refractivity contribution < 1.29 is 18.7 Å². The second-order valence-electron chi connectivity index (χ2n) is 5.90. The number of alkyl halides is 1. The zero-order chi connectivity index (χ0) is 15.7. The van der Waals surface area contributed by atoms with E-state index < -0.39 is 18.4 Å². The number of aromatic nitrogens is 2. The number of piperidine rings is 1. The Morgan fingerprint density at radius 2 is 2.27 bits per heavy atom. The molecule has 2 atom stereocenters. The van der Waals surface area contributed by atoms with Crippen LogP contribution in [0.3, 0.4) is 0 Å². The topological polar surface area (TPSA) is 64.5 Å². The lowest BCUT2D eigenvalue weighted by atomic mass is 10.1. The van der Waals surface area contributed by atoms with E-state index in [1.54, 1.807) is 0 Å². The van der Waals surface area contributed by atoms with Gasteiger partial charge in [0.2, 0.25) is 5.88 Å². The summed E-state index contributed by atoms with van der Waals surface area (Å²) in [5.41, 5.74) is -0.353. The molecule has 120 valence electrons. The Labute approximate surface area is 132 Å². The van der Waals surface area contributed by atoms with Crippen LogP contribution in [-0.2, 0) is 4.74 Å². The van der Waals surface area contributed by atoms with Crippen molar-refractivity contribution in [1.29, 1.82) is 0 Å². The van der Waals surface area contributed by atoms with E-state index in [0.717, 1.165) is 12.8 Å². The van der Waals surface area contributed by atoms with E-state index in [1.807, 2.05) is 6.92 Å². The van der Waals surface area contributed by atoms with Crippen molar-refractivity contribution in [1.82, 2.24) is 14.9 Å². The maximum Gasteiger partial charge on any atom is 0.410 e. The fourth-order valence-corrected chi connectivity index (χ4v) is 2.41. The minimum atomic E-state index is -1.30. The highest BCUT2D eigenvalue weighted by molar-refractivity contribution is 6.29. The number of rotatable bonds is 3. The summed E-state index contributed by atoms with van der Waals surface area (Å²) >= 11 is 5.74. The maximum atomic E-state index is 14.2. The van der Waals surface area contributed by atoms with E-state index in [4.69, 9.17) is 21.1 Å². The Hall–Kier alpha value is -1.63. The summed E-state index contributed by atoms with van der Waals surface area (Å²) < 4.78 is 25.1. The standard InChI is InChI=1S/C14H17ClFN3O3/c1-14(3-4-14)22-13(20)19-5-2-10(9(16)7-19)21-12-6-11(15)17-8-18-12/h6,8-10H,2-5,7H2,1H3/t9?,10-/m0/s1. The Morgan fingerprint density at radius 3 is 2.91 bits per heavy atom. The zero-order valence-corrected chi connectivity index (χ0v) is 12.9. The van der Waals surface area contributed by atoms with Crippen molar-refractivity contribution in [2.24, 2.45) is 0 Å². The molecule has 0 radical (unpaired) electrons. The number of halogens is 2. The van der Waals surface area contributed by atoms with Gasteiger partial charge in [0.15, 0.2) is 6.17 Å². The van der Waals surface area contributed by atoms with Crippen LogP contribution in [0.4, 0.5) is 9.18 Å². The lowest BCUT2D eigenvalue weighted by molar-refractivity contribution is 0.00225. The molecule has 22 heavy (non-hydrogen) atoms. The lowest BCUT2D eigenvalue weighted by Gasteiger charge is -2.34. The van der Waals surface area contributed by atoms with Crippen molar-refractivity contribution in [2.75, 3.05) is 13.1 Å². The molecule has 8 heteroatoms. The molecule has 1 aromatic rings. The van der Waals surface area contributed by atoms with Gasteiger partial charge in [-0.05, 0) is 19.8 Å². The van der Waals surface area contributed by atoms with Crippen LogP contribution in [0.2, 0.25) is 5.15 Å². The summed E-state index contributed by atoms with van der Waals surface area (Å²) in [6, 6.07) is 1.43. The molecule has 1 unspecified atom stereocenters. The molecule has 3 rings (SSSR count). The molecule has 1 aromatic heterocycles. The molecular weight excluding hydrogens is 313 g/mol. The second kappa shape index (κ2) is 5.87. The molecule has 6 nitrogen and oxygen atoms in total. The minimum absolute atomic E-state index is 0.0433. The molecule has 2 aliphatic rings. The maximum absolute atomic E-state index is 14.2. The molecule has 2 fully saturated rings. The van der Waals surface area contributed by atoms with E-state index >= 15 is 0 Å². The van der Waals surface area contributed by atoms with Crippen LogP contribution in [0.5, 0.6) is 5.88 Å². The monoisotopic (exact) mass is 329 g/mol. The van der Waals surface area contributed by atoms with Gasteiger partial charge in [-0.25, -0.2) is 19.2 Å². The Kier molecular flexibility index (Phi) is 4.08. The van der Waals surface area contributed by atoms with Gasteiger partial charge in [-0.2, -0.15) is 0 Å².